The first-order valence-electron chi connectivity index (χ1n) is 13.0. The van der Waals surface area contributed by atoms with Crippen molar-refractivity contribution in [2.45, 2.75) is 117 Å². The number of aryl methyl sites for hydroxylation is 2. The summed E-state index contributed by atoms with van der Waals surface area (Å²) in [6.07, 6.45) is 20.3. The molecule has 0 amide bonds. The SMILES string of the molecule is CCCCCCCCCc1ccc(CCCCCCCCC)c2cc(OS(=O)[O-])ccc12. The largest absolute Gasteiger partial charge is 0.740 e. The molecule has 2 aromatic rings. The Labute approximate surface area is 198 Å². The van der Waals surface area contributed by atoms with Crippen LogP contribution in [0.5, 0.6) is 5.75 Å². The van der Waals surface area contributed by atoms with Crippen LogP contribution in [0.15, 0.2) is 30.3 Å². The van der Waals surface area contributed by atoms with E-state index in [1.807, 2.05) is 12.1 Å². The highest BCUT2D eigenvalue weighted by atomic mass is 32.2. The van der Waals surface area contributed by atoms with Crippen molar-refractivity contribution in [3.05, 3.63) is 41.5 Å². The van der Waals surface area contributed by atoms with Gasteiger partial charge in [-0.2, -0.15) is 0 Å². The summed E-state index contributed by atoms with van der Waals surface area (Å²) in [6.45, 7) is 4.51. The molecular formula is C28H43O3S-. The predicted octanol–water partition coefficient (Wildman–Crippen LogP) is 8.60. The number of unbranched alkanes of at least 4 members (excludes halogenated alkanes) is 12. The van der Waals surface area contributed by atoms with E-state index in [-0.39, 0.29) is 0 Å². The van der Waals surface area contributed by atoms with Crippen LogP contribution in [0.1, 0.15) is 115 Å². The van der Waals surface area contributed by atoms with Gasteiger partial charge in [-0.3, -0.25) is 0 Å². The summed E-state index contributed by atoms with van der Waals surface area (Å²) >= 11 is -2.54. The van der Waals surface area contributed by atoms with Crippen molar-refractivity contribution < 1.29 is 12.9 Å². The lowest BCUT2D eigenvalue weighted by Gasteiger charge is -2.14. The lowest BCUT2D eigenvalue weighted by molar-refractivity contribution is 0.440. The van der Waals surface area contributed by atoms with Crippen LogP contribution in [0.3, 0.4) is 0 Å². The molecule has 0 heterocycles. The topological polar surface area (TPSA) is 49.4 Å². The van der Waals surface area contributed by atoms with Gasteiger partial charge in [-0.05, 0) is 59.7 Å². The fraction of sp³-hybridized carbons (Fsp3) is 0.643. The second-order valence-corrected chi connectivity index (χ2v) is 9.70. The van der Waals surface area contributed by atoms with E-state index in [9.17, 15) is 8.76 Å². The lowest BCUT2D eigenvalue weighted by atomic mass is 9.93. The fourth-order valence-electron chi connectivity index (χ4n) is 4.56. The first-order chi connectivity index (χ1) is 15.7. The van der Waals surface area contributed by atoms with Crippen LogP contribution >= 0.6 is 0 Å². The standard InChI is InChI=1S/C28H44O3S/c1-3-5-7-9-11-13-15-17-24-19-20-25(18-16-14-12-10-8-6-4-2)28-23-26(31-32(29)30)21-22-27(24)28/h19-23H,3-18H2,1-2H3,(H,29,30)/p-1. The second-order valence-electron chi connectivity index (χ2n) is 9.12. The summed E-state index contributed by atoms with van der Waals surface area (Å²) in [4.78, 5) is 0. The molecular weight excluding hydrogens is 416 g/mol. The molecule has 3 nitrogen and oxygen atoms in total. The smallest absolute Gasteiger partial charge is 0.139 e. The highest BCUT2D eigenvalue weighted by Crippen LogP contribution is 2.30. The third kappa shape index (κ3) is 10.0. The van der Waals surface area contributed by atoms with E-state index >= 15 is 0 Å². The molecule has 0 bridgehead atoms. The van der Waals surface area contributed by atoms with E-state index in [4.69, 9.17) is 4.18 Å². The number of benzene rings is 2. The minimum atomic E-state index is -2.54. The molecule has 1 atom stereocenters. The summed E-state index contributed by atoms with van der Waals surface area (Å²) in [5.74, 6) is 0.403. The van der Waals surface area contributed by atoms with Gasteiger partial charge in [0.05, 0.1) is 0 Å². The Morgan fingerprint density at radius 2 is 1.12 bits per heavy atom. The van der Waals surface area contributed by atoms with Crippen molar-refractivity contribution in [1.29, 1.82) is 0 Å². The van der Waals surface area contributed by atoms with Gasteiger partial charge in [0.15, 0.2) is 0 Å². The van der Waals surface area contributed by atoms with Gasteiger partial charge in [0.1, 0.15) is 17.1 Å². The van der Waals surface area contributed by atoms with E-state index in [0.717, 1.165) is 18.2 Å². The van der Waals surface area contributed by atoms with Crippen molar-refractivity contribution in [1.82, 2.24) is 0 Å². The Morgan fingerprint density at radius 3 is 1.62 bits per heavy atom. The number of rotatable bonds is 18. The summed E-state index contributed by atoms with van der Waals surface area (Å²) in [5.41, 5.74) is 2.67. The van der Waals surface area contributed by atoms with Gasteiger partial charge in [0.25, 0.3) is 0 Å². The van der Waals surface area contributed by atoms with Crippen LogP contribution in [-0.2, 0) is 24.2 Å². The maximum atomic E-state index is 11.0. The average Bonchev–Trinajstić information content (AvgIpc) is 2.78. The van der Waals surface area contributed by atoms with Gasteiger partial charge < -0.3 is 8.74 Å². The molecule has 0 spiro atoms. The van der Waals surface area contributed by atoms with Crippen LogP contribution in [0.4, 0.5) is 0 Å². The summed E-state index contributed by atoms with van der Waals surface area (Å²) < 4.78 is 27.0. The Bertz CT molecular complexity index is 803. The molecule has 2 aromatic carbocycles. The Kier molecular flexibility index (Phi) is 13.6. The summed E-state index contributed by atoms with van der Waals surface area (Å²) in [6, 6.07) is 10.3. The first-order valence-corrected chi connectivity index (χ1v) is 14.0. The molecule has 4 heteroatoms. The monoisotopic (exact) mass is 459 g/mol. The van der Waals surface area contributed by atoms with Crippen LogP contribution < -0.4 is 4.18 Å². The first kappa shape index (κ1) is 26.9. The van der Waals surface area contributed by atoms with Crippen molar-refractivity contribution in [3.63, 3.8) is 0 Å². The van der Waals surface area contributed by atoms with E-state index in [0.29, 0.717) is 5.75 Å². The van der Waals surface area contributed by atoms with Gasteiger partial charge in [0, 0.05) is 0 Å². The fourth-order valence-corrected chi connectivity index (χ4v) is 4.82. The van der Waals surface area contributed by atoms with E-state index < -0.39 is 11.4 Å². The third-order valence-electron chi connectivity index (χ3n) is 6.43. The van der Waals surface area contributed by atoms with Crippen molar-refractivity contribution >= 4 is 22.1 Å². The maximum Gasteiger partial charge on any atom is 0.139 e. The lowest BCUT2D eigenvalue weighted by Crippen LogP contribution is -1.99. The zero-order chi connectivity index (χ0) is 23.0. The quantitative estimate of drug-likeness (QED) is 0.166. The average molecular weight is 460 g/mol. The highest BCUT2D eigenvalue weighted by Gasteiger charge is 2.09. The summed E-state index contributed by atoms with van der Waals surface area (Å²) in [7, 11) is 0. The molecule has 2 rings (SSSR count). The van der Waals surface area contributed by atoms with Gasteiger partial charge >= 0.3 is 0 Å². The molecule has 0 aliphatic carbocycles. The molecule has 0 aliphatic rings. The molecule has 0 saturated heterocycles. The second kappa shape index (κ2) is 16.3. The number of hydrogen-bond acceptors (Lipinski definition) is 3. The minimum absolute atomic E-state index is 0.403. The molecule has 0 fully saturated rings. The van der Waals surface area contributed by atoms with Crippen molar-refractivity contribution in [2.75, 3.05) is 0 Å². The number of fused-ring (bicyclic) bond motifs is 1. The number of hydrogen-bond donors (Lipinski definition) is 0. The molecule has 0 radical (unpaired) electrons. The zero-order valence-corrected chi connectivity index (χ0v) is 21.1. The van der Waals surface area contributed by atoms with Gasteiger partial charge in [-0.1, -0.05) is 109 Å². The van der Waals surface area contributed by atoms with E-state index in [1.54, 1.807) is 6.07 Å². The molecule has 0 aliphatic heterocycles. The molecule has 32 heavy (non-hydrogen) atoms. The van der Waals surface area contributed by atoms with Crippen molar-refractivity contribution in [3.8, 4) is 5.75 Å². The molecule has 180 valence electrons. The third-order valence-corrected chi connectivity index (χ3v) is 6.76. The van der Waals surface area contributed by atoms with Crippen molar-refractivity contribution in [2.24, 2.45) is 0 Å². The molecule has 0 saturated carbocycles. The van der Waals surface area contributed by atoms with E-state index in [2.05, 4.69) is 26.0 Å². The highest BCUT2D eigenvalue weighted by molar-refractivity contribution is 7.74. The van der Waals surface area contributed by atoms with Gasteiger partial charge in [-0.15, -0.1) is 0 Å². The Morgan fingerprint density at radius 1 is 0.656 bits per heavy atom. The van der Waals surface area contributed by atoms with Gasteiger partial charge in [-0.25, -0.2) is 4.21 Å². The minimum Gasteiger partial charge on any atom is -0.740 e. The maximum absolute atomic E-state index is 11.0. The zero-order valence-electron chi connectivity index (χ0n) is 20.3. The molecule has 1 unspecified atom stereocenters. The Hall–Kier alpha value is -1.39. The summed E-state index contributed by atoms with van der Waals surface area (Å²) in [5, 5.41) is 2.40. The van der Waals surface area contributed by atoms with E-state index in [1.165, 1.54) is 106 Å². The molecule has 0 aromatic heterocycles. The van der Waals surface area contributed by atoms with Gasteiger partial charge in [0.2, 0.25) is 0 Å². The molecule has 0 N–H and O–H groups in total. The normalized spacial score (nSPS) is 12.3. The van der Waals surface area contributed by atoms with Crippen LogP contribution in [0.25, 0.3) is 10.8 Å². The predicted molar refractivity (Wildman–Crippen MR) is 137 cm³/mol. The van der Waals surface area contributed by atoms with Crippen LogP contribution in [-0.4, -0.2) is 8.76 Å². The Balaban J connectivity index is 2.00. The van der Waals surface area contributed by atoms with Crippen LogP contribution in [0, 0.1) is 0 Å². The van der Waals surface area contributed by atoms with Crippen LogP contribution in [0.2, 0.25) is 0 Å².